The predicted molar refractivity (Wildman–Crippen MR) is 58.6 cm³/mol. The highest BCUT2D eigenvalue weighted by molar-refractivity contribution is 5.81. The molecule has 2 rings (SSSR count). The minimum Gasteiger partial charge on any atom is -0.389 e. The first-order valence-corrected chi connectivity index (χ1v) is 6.00. The normalized spacial score (nSPS) is 43.5. The van der Waals surface area contributed by atoms with E-state index in [9.17, 15) is 9.90 Å². The van der Waals surface area contributed by atoms with Gasteiger partial charge < -0.3 is 5.11 Å². The molecule has 0 spiro atoms. The second kappa shape index (κ2) is 3.87. The first-order chi connectivity index (χ1) is 7.00. The first-order valence-electron chi connectivity index (χ1n) is 6.00. The molecule has 2 aliphatic rings. The van der Waals surface area contributed by atoms with E-state index in [1.165, 1.54) is 0 Å². The average molecular weight is 211 g/mol. The number of carbonyl (C=O) groups is 1. The molecule has 3 nitrogen and oxygen atoms in total. The fourth-order valence-corrected chi connectivity index (χ4v) is 3.03. The van der Waals surface area contributed by atoms with Gasteiger partial charge in [0.25, 0.3) is 0 Å². The molecule has 3 atom stereocenters. The Bertz CT molecular complexity index is 262. The van der Waals surface area contributed by atoms with Gasteiger partial charge in [-0.3, -0.25) is 9.69 Å². The van der Waals surface area contributed by atoms with E-state index in [2.05, 4.69) is 4.90 Å². The van der Waals surface area contributed by atoms with Crippen molar-refractivity contribution in [3.63, 3.8) is 0 Å². The van der Waals surface area contributed by atoms with Crippen LogP contribution in [-0.2, 0) is 4.79 Å². The van der Waals surface area contributed by atoms with E-state index in [0.717, 1.165) is 32.4 Å². The molecule has 1 saturated heterocycles. The summed E-state index contributed by atoms with van der Waals surface area (Å²) < 4.78 is 0. The summed E-state index contributed by atoms with van der Waals surface area (Å²) in [7, 11) is 0. The van der Waals surface area contributed by atoms with Crippen LogP contribution in [0.5, 0.6) is 0 Å². The van der Waals surface area contributed by atoms with Gasteiger partial charge in [-0.15, -0.1) is 0 Å². The minimum absolute atomic E-state index is 0.148. The highest BCUT2D eigenvalue weighted by atomic mass is 16.3. The number of hydrogen-bond donors (Lipinski definition) is 1. The summed E-state index contributed by atoms with van der Waals surface area (Å²) in [5.41, 5.74) is -0.542. The molecule has 15 heavy (non-hydrogen) atoms. The molecule has 1 saturated carbocycles. The number of rotatable bonds is 1. The van der Waals surface area contributed by atoms with Crippen molar-refractivity contribution >= 4 is 5.78 Å². The van der Waals surface area contributed by atoms with E-state index < -0.39 is 5.60 Å². The zero-order chi connectivity index (χ0) is 11.1. The maximum absolute atomic E-state index is 11.4. The van der Waals surface area contributed by atoms with Gasteiger partial charge in [-0.05, 0) is 26.2 Å². The molecule has 0 amide bonds. The van der Waals surface area contributed by atoms with Crippen molar-refractivity contribution in [2.45, 2.75) is 51.2 Å². The molecule has 2 fully saturated rings. The Balaban J connectivity index is 2.02. The Kier molecular flexibility index (Phi) is 2.86. The number of ketones is 1. The van der Waals surface area contributed by atoms with Crippen LogP contribution < -0.4 is 0 Å². The maximum atomic E-state index is 11.4. The van der Waals surface area contributed by atoms with E-state index in [1.807, 2.05) is 13.8 Å². The van der Waals surface area contributed by atoms with Crippen molar-refractivity contribution in [1.82, 2.24) is 4.90 Å². The van der Waals surface area contributed by atoms with Crippen molar-refractivity contribution in [1.29, 1.82) is 0 Å². The summed E-state index contributed by atoms with van der Waals surface area (Å²) in [4.78, 5) is 13.7. The second-order valence-corrected chi connectivity index (χ2v) is 5.38. The van der Waals surface area contributed by atoms with Gasteiger partial charge in [0.2, 0.25) is 0 Å². The molecule has 86 valence electrons. The number of piperidine rings is 1. The standard InChI is InChI=1S/C12H21NO2/c1-9-8-13(7-5-10(9)14)11-4-3-6-12(11,2)15/h9,11,15H,3-8H2,1-2H3. The van der Waals surface area contributed by atoms with Crippen LogP contribution in [0, 0.1) is 5.92 Å². The number of carbonyl (C=O) groups excluding carboxylic acids is 1. The van der Waals surface area contributed by atoms with Gasteiger partial charge in [0.05, 0.1) is 5.60 Å². The minimum atomic E-state index is -0.542. The summed E-state index contributed by atoms with van der Waals surface area (Å²) in [5, 5.41) is 10.2. The Morgan fingerprint density at radius 3 is 2.80 bits per heavy atom. The first kappa shape index (κ1) is 11.1. The topological polar surface area (TPSA) is 40.5 Å². The molecule has 1 N–H and O–H groups in total. The van der Waals surface area contributed by atoms with Crippen LogP contribution in [0.4, 0.5) is 0 Å². The van der Waals surface area contributed by atoms with Crippen molar-refractivity contribution in [3.8, 4) is 0 Å². The molecule has 1 aliphatic heterocycles. The number of aliphatic hydroxyl groups is 1. The van der Waals surface area contributed by atoms with E-state index in [-0.39, 0.29) is 12.0 Å². The zero-order valence-corrected chi connectivity index (χ0v) is 9.70. The Morgan fingerprint density at radius 2 is 2.27 bits per heavy atom. The van der Waals surface area contributed by atoms with Gasteiger partial charge >= 0.3 is 0 Å². The maximum Gasteiger partial charge on any atom is 0.138 e. The van der Waals surface area contributed by atoms with Crippen molar-refractivity contribution in [2.75, 3.05) is 13.1 Å². The summed E-state index contributed by atoms with van der Waals surface area (Å²) in [5.74, 6) is 0.527. The number of Topliss-reactive ketones (excluding diaryl/α,β-unsaturated/α-hetero) is 1. The van der Waals surface area contributed by atoms with Crippen LogP contribution in [0.1, 0.15) is 39.5 Å². The van der Waals surface area contributed by atoms with E-state index in [0.29, 0.717) is 12.2 Å². The van der Waals surface area contributed by atoms with Crippen LogP contribution in [0.15, 0.2) is 0 Å². The van der Waals surface area contributed by atoms with Gasteiger partial charge in [-0.2, -0.15) is 0 Å². The van der Waals surface area contributed by atoms with Crippen LogP contribution in [0.3, 0.4) is 0 Å². The molecule has 1 heterocycles. The van der Waals surface area contributed by atoms with Gasteiger partial charge in [-0.1, -0.05) is 6.92 Å². The smallest absolute Gasteiger partial charge is 0.138 e. The Morgan fingerprint density at radius 1 is 1.53 bits per heavy atom. The van der Waals surface area contributed by atoms with E-state index >= 15 is 0 Å². The van der Waals surface area contributed by atoms with E-state index in [4.69, 9.17) is 0 Å². The van der Waals surface area contributed by atoms with Crippen molar-refractivity contribution < 1.29 is 9.90 Å². The SMILES string of the molecule is CC1CN(C2CCCC2(C)O)CCC1=O. The van der Waals surface area contributed by atoms with Crippen LogP contribution in [-0.4, -0.2) is 40.5 Å². The quantitative estimate of drug-likeness (QED) is 0.708. The molecule has 0 aromatic carbocycles. The highest BCUT2D eigenvalue weighted by Gasteiger charge is 2.42. The second-order valence-electron chi connectivity index (χ2n) is 5.38. The van der Waals surface area contributed by atoms with Gasteiger partial charge in [-0.25, -0.2) is 0 Å². The summed E-state index contributed by atoms with van der Waals surface area (Å²) >= 11 is 0. The van der Waals surface area contributed by atoms with Crippen LogP contribution in [0.25, 0.3) is 0 Å². The molecule has 3 unspecified atom stereocenters. The van der Waals surface area contributed by atoms with Crippen molar-refractivity contribution in [3.05, 3.63) is 0 Å². The fourth-order valence-electron chi connectivity index (χ4n) is 3.03. The molecule has 0 aromatic heterocycles. The lowest BCUT2D eigenvalue weighted by Crippen LogP contribution is -2.52. The number of hydrogen-bond acceptors (Lipinski definition) is 3. The molecule has 3 heteroatoms. The predicted octanol–water partition coefficient (Wildman–Crippen LogP) is 1.20. The van der Waals surface area contributed by atoms with Gasteiger partial charge in [0.1, 0.15) is 5.78 Å². The molecule has 0 aromatic rings. The molecule has 0 bridgehead atoms. The average Bonchev–Trinajstić information content (AvgIpc) is 2.50. The molecule has 0 radical (unpaired) electrons. The zero-order valence-electron chi connectivity index (χ0n) is 9.70. The lowest BCUT2D eigenvalue weighted by molar-refractivity contribution is -0.127. The summed E-state index contributed by atoms with van der Waals surface area (Å²) in [6, 6.07) is 0.271. The van der Waals surface area contributed by atoms with E-state index in [1.54, 1.807) is 0 Å². The van der Waals surface area contributed by atoms with Crippen LogP contribution in [0.2, 0.25) is 0 Å². The number of nitrogens with zero attached hydrogens (tertiary/aromatic N) is 1. The molecule has 1 aliphatic carbocycles. The third-order valence-corrected chi connectivity index (χ3v) is 4.02. The lowest BCUT2D eigenvalue weighted by Gasteiger charge is -2.40. The fraction of sp³-hybridized carbons (Fsp3) is 0.917. The van der Waals surface area contributed by atoms with Crippen LogP contribution >= 0.6 is 0 Å². The lowest BCUT2D eigenvalue weighted by atomic mass is 9.92. The third-order valence-electron chi connectivity index (χ3n) is 4.02. The van der Waals surface area contributed by atoms with Crippen molar-refractivity contribution in [2.24, 2.45) is 5.92 Å². The summed E-state index contributed by atoms with van der Waals surface area (Å²) in [6.45, 7) is 5.60. The number of likely N-dealkylation sites (tertiary alicyclic amines) is 1. The summed E-state index contributed by atoms with van der Waals surface area (Å²) in [6.07, 6.45) is 3.74. The monoisotopic (exact) mass is 211 g/mol. The molecular weight excluding hydrogens is 190 g/mol. The van der Waals surface area contributed by atoms with Gasteiger partial charge in [0.15, 0.2) is 0 Å². The Labute approximate surface area is 91.5 Å². The largest absolute Gasteiger partial charge is 0.389 e. The molecular formula is C12H21NO2. The third kappa shape index (κ3) is 2.08. The highest BCUT2D eigenvalue weighted by Crippen LogP contribution is 2.34. The Hall–Kier alpha value is -0.410. The van der Waals surface area contributed by atoms with Gasteiger partial charge in [0, 0.05) is 31.5 Å².